The number of rotatable bonds is 6. The lowest BCUT2D eigenvalue weighted by Gasteiger charge is -2.27. The van der Waals surface area contributed by atoms with Crippen LogP contribution in [0.15, 0.2) is 90.1 Å². The van der Waals surface area contributed by atoms with E-state index in [0.29, 0.717) is 17.1 Å². The Kier molecular flexibility index (Phi) is 6.31. The molecule has 4 rings (SSSR count). The molecule has 0 saturated carbocycles. The van der Waals surface area contributed by atoms with E-state index in [9.17, 15) is 19.5 Å². The van der Waals surface area contributed by atoms with Crippen LogP contribution in [-0.2, 0) is 9.59 Å². The topological polar surface area (TPSA) is 108 Å². The maximum Gasteiger partial charge on any atom is 0.300 e. The highest BCUT2D eigenvalue weighted by atomic mass is 16.5. The molecule has 1 aliphatic rings. The van der Waals surface area contributed by atoms with Crippen LogP contribution in [0, 0.1) is 0 Å². The number of phenols is 1. The molecule has 1 atom stereocenters. The van der Waals surface area contributed by atoms with Crippen LogP contribution in [0.2, 0.25) is 0 Å². The minimum Gasteiger partial charge on any atom is -0.507 e. The summed E-state index contributed by atoms with van der Waals surface area (Å²) in [6, 6.07) is 21.5. The number of phenolic OH excluding ortho intramolecular Hbond substituents is 1. The number of para-hydroxylation sites is 3. The predicted molar refractivity (Wildman–Crippen MR) is 126 cm³/mol. The lowest BCUT2D eigenvalue weighted by Crippen LogP contribution is -2.37. The van der Waals surface area contributed by atoms with Gasteiger partial charge in [-0.1, -0.05) is 54.6 Å². The third kappa shape index (κ3) is 4.09. The molecule has 1 fully saturated rings. The van der Waals surface area contributed by atoms with Crippen LogP contribution in [0.25, 0.3) is 0 Å². The van der Waals surface area contributed by atoms with Crippen molar-refractivity contribution in [3.63, 3.8) is 0 Å². The summed E-state index contributed by atoms with van der Waals surface area (Å²) in [6.07, 6.45) is 0. The summed E-state index contributed by atoms with van der Waals surface area (Å²) < 4.78 is 5.44. The molecule has 0 radical (unpaired) electrons. The molecule has 2 amide bonds. The maximum absolute atomic E-state index is 13.2. The summed E-state index contributed by atoms with van der Waals surface area (Å²) in [5.74, 6) is -1.72. The fraction of sp³-hybridized carbons (Fsp3) is 0.115. The van der Waals surface area contributed by atoms with Gasteiger partial charge in [0.2, 0.25) is 0 Å². The Morgan fingerprint density at radius 2 is 1.56 bits per heavy atom. The van der Waals surface area contributed by atoms with E-state index in [1.807, 2.05) is 30.3 Å². The average molecular weight is 457 g/mol. The number of Topliss-reactive ketones (excluding diaryl/α,β-unsaturated/α-hetero) is 1. The number of ether oxygens (including phenoxy) is 1. The third-order valence-corrected chi connectivity index (χ3v) is 5.57. The van der Waals surface area contributed by atoms with Crippen LogP contribution in [-0.4, -0.2) is 29.8 Å². The summed E-state index contributed by atoms with van der Waals surface area (Å²) in [4.78, 5) is 40.3. The quantitative estimate of drug-likeness (QED) is 0.298. The molecular weight excluding hydrogens is 434 g/mol. The Balaban J connectivity index is 1.75. The van der Waals surface area contributed by atoms with Crippen molar-refractivity contribution in [1.82, 2.24) is 10.9 Å². The van der Waals surface area contributed by atoms with E-state index in [0.717, 1.165) is 5.56 Å². The number of hydrogen-bond donors (Lipinski definition) is 3. The summed E-state index contributed by atoms with van der Waals surface area (Å²) in [5, 5.41) is 9.92. The van der Waals surface area contributed by atoms with Crippen LogP contribution in [0.4, 0.5) is 5.69 Å². The summed E-state index contributed by atoms with van der Waals surface area (Å²) in [5.41, 5.74) is 6.96. The molecule has 1 unspecified atom stereocenters. The number of carbonyl (C=O) groups excluding carboxylic acids is 3. The molecule has 3 aromatic carbocycles. The lowest BCUT2D eigenvalue weighted by atomic mass is 9.97. The van der Waals surface area contributed by atoms with Gasteiger partial charge in [0.05, 0.1) is 30.0 Å². The summed E-state index contributed by atoms with van der Waals surface area (Å²) >= 11 is 0. The van der Waals surface area contributed by atoms with Gasteiger partial charge in [-0.25, -0.2) is 0 Å². The van der Waals surface area contributed by atoms with Crippen molar-refractivity contribution in [2.75, 3.05) is 12.0 Å². The van der Waals surface area contributed by atoms with Gasteiger partial charge in [0, 0.05) is 5.70 Å². The van der Waals surface area contributed by atoms with Crippen molar-refractivity contribution in [3.05, 3.63) is 101 Å². The van der Waals surface area contributed by atoms with E-state index in [4.69, 9.17) is 4.74 Å². The minimum atomic E-state index is -0.743. The zero-order valence-corrected chi connectivity index (χ0v) is 18.6. The maximum atomic E-state index is 13.2. The minimum absolute atomic E-state index is 0.0666. The fourth-order valence-electron chi connectivity index (χ4n) is 3.95. The van der Waals surface area contributed by atoms with Crippen molar-refractivity contribution in [3.8, 4) is 11.5 Å². The summed E-state index contributed by atoms with van der Waals surface area (Å²) in [6.45, 7) is 1.60. The first-order valence-electron chi connectivity index (χ1n) is 10.5. The monoisotopic (exact) mass is 457 g/mol. The van der Waals surface area contributed by atoms with Gasteiger partial charge < -0.3 is 15.3 Å². The largest absolute Gasteiger partial charge is 0.507 e. The first kappa shape index (κ1) is 22.6. The number of amides is 2. The van der Waals surface area contributed by atoms with Crippen LogP contribution < -0.4 is 20.5 Å². The number of hydrogen-bond acceptors (Lipinski definition) is 6. The molecule has 0 bridgehead atoms. The van der Waals surface area contributed by atoms with E-state index in [-0.39, 0.29) is 16.9 Å². The van der Waals surface area contributed by atoms with Gasteiger partial charge in [-0.15, -0.1) is 0 Å². The molecule has 1 saturated heterocycles. The first-order chi connectivity index (χ1) is 16.4. The van der Waals surface area contributed by atoms with E-state index in [1.165, 1.54) is 24.1 Å². The highest BCUT2D eigenvalue weighted by Crippen LogP contribution is 2.43. The van der Waals surface area contributed by atoms with E-state index in [2.05, 4.69) is 10.9 Å². The number of hydrazine groups is 1. The number of nitrogens with one attached hydrogen (secondary N) is 2. The molecule has 0 aromatic heterocycles. The van der Waals surface area contributed by atoms with Gasteiger partial charge in [-0.3, -0.25) is 24.7 Å². The Morgan fingerprint density at radius 3 is 2.26 bits per heavy atom. The lowest BCUT2D eigenvalue weighted by molar-refractivity contribution is -0.132. The Hall–Kier alpha value is -4.59. The molecule has 0 aliphatic carbocycles. The smallest absolute Gasteiger partial charge is 0.300 e. The fourth-order valence-corrected chi connectivity index (χ4v) is 3.95. The van der Waals surface area contributed by atoms with Gasteiger partial charge >= 0.3 is 0 Å². The van der Waals surface area contributed by atoms with E-state index >= 15 is 0 Å². The van der Waals surface area contributed by atoms with Crippen LogP contribution in [0.1, 0.15) is 28.9 Å². The van der Waals surface area contributed by atoms with E-state index in [1.54, 1.807) is 43.3 Å². The molecule has 3 N–H and O–H groups in total. The molecule has 34 heavy (non-hydrogen) atoms. The van der Waals surface area contributed by atoms with Gasteiger partial charge in [-0.2, -0.15) is 0 Å². The first-order valence-corrected chi connectivity index (χ1v) is 10.5. The van der Waals surface area contributed by atoms with Gasteiger partial charge in [0.15, 0.2) is 0 Å². The average Bonchev–Trinajstić information content (AvgIpc) is 3.13. The SMILES string of the molecule is COc1ccccc1N1C(=O)C(=O)C(=C(C)NNC(=O)c2ccccc2O)C1c1ccccc1. The van der Waals surface area contributed by atoms with Crippen LogP contribution >= 0.6 is 0 Å². The zero-order valence-electron chi connectivity index (χ0n) is 18.6. The normalized spacial score (nSPS) is 16.9. The van der Waals surface area contributed by atoms with Crippen LogP contribution in [0.5, 0.6) is 11.5 Å². The Labute approximate surface area is 196 Å². The van der Waals surface area contributed by atoms with Crippen molar-refractivity contribution in [1.29, 1.82) is 0 Å². The van der Waals surface area contributed by atoms with Crippen molar-refractivity contribution >= 4 is 23.3 Å². The highest BCUT2D eigenvalue weighted by molar-refractivity contribution is 6.51. The Morgan fingerprint density at radius 1 is 0.912 bits per heavy atom. The second-order valence-corrected chi connectivity index (χ2v) is 7.62. The van der Waals surface area contributed by atoms with Crippen molar-refractivity contribution < 1.29 is 24.2 Å². The molecule has 1 aliphatic heterocycles. The summed E-state index contributed by atoms with van der Waals surface area (Å²) in [7, 11) is 1.50. The molecular formula is C26H23N3O5. The number of nitrogens with zero attached hydrogens (tertiary/aromatic N) is 1. The third-order valence-electron chi connectivity index (χ3n) is 5.57. The highest BCUT2D eigenvalue weighted by Gasteiger charge is 2.46. The predicted octanol–water partition coefficient (Wildman–Crippen LogP) is 3.27. The van der Waals surface area contributed by atoms with Crippen molar-refractivity contribution in [2.24, 2.45) is 0 Å². The number of allylic oxidation sites excluding steroid dienone is 1. The second-order valence-electron chi connectivity index (χ2n) is 7.62. The number of benzene rings is 3. The number of methoxy groups -OCH3 is 1. The molecule has 3 aromatic rings. The number of aromatic hydroxyl groups is 1. The van der Waals surface area contributed by atoms with Crippen molar-refractivity contribution in [2.45, 2.75) is 13.0 Å². The number of anilines is 1. The molecule has 8 nitrogen and oxygen atoms in total. The van der Waals surface area contributed by atoms with Gasteiger partial charge in [0.25, 0.3) is 17.6 Å². The molecule has 1 heterocycles. The zero-order chi connectivity index (χ0) is 24.2. The van der Waals surface area contributed by atoms with Gasteiger partial charge in [-0.05, 0) is 36.8 Å². The molecule has 0 spiro atoms. The molecule has 172 valence electrons. The van der Waals surface area contributed by atoms with Crippen LogP contribution in [0.3, 0.4) is 0 Å². The standard InChI is InChI=1S/C26H23N3O5/c1-16(27-28-25(32)18-12-6-8-14-20(18)30)22-23(17-10-4-3-5-11-17)29(26(33)24(22)31)19-13-7-9-15-21(19)34-2/h3-15,23,27,30H,1-2H3,(H,28,32). The second kappa shape index (κ2) is 9.50. The molecule has 8 heteroatoms. The number of ketones is 1. The number of carbonyl (C=O) groups is 3. The van der Waals surface area contributed by atoms with Gasteiger partial charge in [0.1, 0.15) is 11.5 Å². The Bertz CT molecular complexity index is 1290. The van der Waals surface area contributed by atoms with E-state index < -0.39 is 23.6 Å².